The van der Waals surface area contributed by atoms with E-state index in [1.165, 1.54) is 0 Å². The van der Waals surface area contributed by atoms with E-state index >= 15 is 0 Å². The Hall–Kier alpha value is 0.870. The van der Waals surface area contributed by atoms with Gasteiger partial charge >= 0.3 is 29.6 Å². The van der Waals surface area contributed by atoms with Crippen LogP contribution >= 0.6 is 0 Å². The summed E-state index contributed by atoms with van der Waals surface area (Å²) in [6.45, 7) is 1.68. The van der Waals surface area contributed by atoms with Gasteiger partial charge in [-0.05, 0) is 19.8 Å². The van der Waals surface area contributed by atoms with Crippen LogP contribution in [0.2, 0.25) is 0 Å². The van der Waals surface area contributed by atoms with Crippen LogP contribution in [0.1, 0.15) is 32.6 Å². The van der Waals surface area contributed by atoms with Crippen LogP contribution in [0.15, 0.2) is 0 Å². The van der Waals surface area contributed by atoms with Gasteiger partial charge in [0, 0.05) is 5.75 Å². The average Bonchev–Trinajstić information content (AvgIpc) is 1.83. The van der Waals surface area contributed by atoms with Crippen molar-refractivity contribution in [3.63, 3.8) is 0 Å². The Balaban J connectivity index is 0. The van der Waals surface area contributed by atoms with E-state index < -0.39 is 10.1 Å². The molecule has 74 valence electrons. The molecule has 0 aromatic heterocycles. The quantitative estimate of drug-likeness (QED) is 0.303. The van der Waals surface area contributed by atoms with E-state index in [1.54, 1.807) is 6.92 Å². The molecule has 0 aromatic rings. The van der Waals surface area contributed by atoms with Gasteiger partial charge < -0.3 is 9.66 Å². The fraction of sp³-hybridized carbons (Fsp3) is 1.00. The van der Waals surface area contributed by atoms with Gasteiger partial charge in [0.1, 0.15) is 0 Å². The average molecular weight is 218 g/mol. The van der Waals surface area contributed by atoms with Gasteiger partial charge in [-0.2, -0.15) is 0 Å². The maximum atomic E-state index is 10.1. The first kappa shape index (κ1) is 16.3. The standard InChI is InChI=1S/C7H16O4S.Na/c1-7(8)5-3-2-4-6-12(9,10)11;/h7-8H,2-6H2,1H3,(H,9,10,11);/q;+1/p-1. The third kappa shape index (κ3) is 15.6. The van der Waals surface area contributed by atoms with Crippen LogP contribution in [0.5, 0.6) is 0 Å². The third-order valence-electron chi connectivity index (χ3n) is 1.52. The molecule has 0 fully saturated rings. The van der Waals surface area contributed by atoms with Gasteiger partial charge in [0.25, 0.3) is 0 Å². The third-order valence-corrected chi connectivity index (χ3v) is 2.30. The van der Waals surface area contributed by atoms with Gasteiger partial charge in [-0.15, -0.1) is 0 Å². The van der Waals surface area contributed by atoms with Crippen LogP contribution in [0, 0.1) is 0 Å². The van der Waals surface area contributed by atoms with E-state index in [1.807, 2.05) is 0 Å². The van der Waals surface area contributed by atoms with Gasteiger partial charge in [0.2, 0.25) is 0 Å². The molecule has 1 unspecified atom stereocenters. The molecule has 13 heavy (non-hydrogen) atoms. The maximum Gasteiger partial charge on any atom is 1.00 e. The molecule has 0 aromatic carbocycles. The second-order valence-electron chi connectivity index (χ2n) is 2.96. The first-order chi connectivity index (χ1) is 5.42. The predicted octanol–water partition coefficient (Wildman–Crippen LogP) is -2.52. The van der Waals surface area contributed by atoms with E-state index in [0.29, 0.717) is 19.3 Å². The van der Waals surface area contributed by atoms with E-state index in [0.717, 1.165) is 6.42 Å². The molecule has 0 saturated carbocycles. The van der Waals surface area contributed by atoms with Crippen LogP contribution in [-0.2, 0) is 10.1 Å². The molecule has 0 rings (SSSR count). The van der Waals surface area contributed by atoms with Crippen molar-refractivity contribution in [2.75, 3.05) is 5.75 Å². The number of unbranched alkanes of at least 4 members (excludes halogenated alkanes) is 2. The van der Waals surface area contributed by atoms with Crippen molar-refractivity contribution in [2.45, 2.75) is 38.7 Å². The van der Waals surface area contributed by atoms with Crippen molar-refractivity contribution in [3.05, 3.63) is 0 Å². The summed E-state index contributed by atoms with van der Waals surface area (Å²) in [7, 11) is -4.04. The molecule has 1 atom stereocenters. The van der Waals surface area contributed by atoms with Crippen LogP contribution in [0.4, 0.5) is 0 Å². The minimum Gasteiger partial charge on any atom is -0.748 e. The molecular weight excluding hydrogens is 203 g/mol. The van der Waals surface area contributed by atoms with Gasteiger partial charge in [-0.1, -0.05) is 12.8 Å². The summed E-state index contributed by atoms with van der Waals surface area (Å²) >= 11 is 0. The summed E-state index contributed by atoms with van der Waals surface area (Å²) < 4.78 is 30.4. The van der Waals surface area contributed by atoms with Crippen LogP contribution in [-0.4, -0.2) is 29.9 Å². The normalized spacial score (nSPS) is 13.5. The smallest absolute Gasteiger partial charge is 0.748 e. The minimum absolute atomic E-state index is 0. The number of aliphatic hydroxyl groups is 1. The first-order valence-electron chi connectivity index (χ1n) is 4.03. The van der Waals surface area contributed by atoms with Gasteiger partial charge in [0.05, 0.1) is 16.2 Å². The summed E-state index contributed by atoms with van der Waals surface area (Å²) in [6.07, 6.45) is 2.19. The summed E-state index contributed by atoms with van der Waals surface area (Å²) in [6, 6.07) is 0. The Morgan fingerprint density at radius 1 is 1.31 bits per heavy atom. The molecule has 0 spiro atoms. The fourth-order valence-corrected chi connectivity index (χ4v) is 1.45. The number of hydrogen-bond donors (Lipinski definition) is 1. The SMILES string of the molecule is CC(O)CCCCCS(=O)(=O)[O-].[Na+]. The summed E-state index contributed by atoms with van der Waals surface area (Å²) in [5.74, 6) is -0.285. The van der Waals surface area contributed by atoms with Gasteiger partial charge in [-0.25, -0.2) is 8.42 Å². The van der Waals surface area contributed by atoms with Crippen molar-refractivity contribution >= 4 is 10.1 Å². The zero-order chi connectivity index (χ0) is 9.61. The zero-order valence-electron chi connectivity index (χ0n) is 8.19. The molecule has 4 nitrogen and oxygen atoms in total. The fourth-order valence-electron chi connectivity index (χ4n) is 0.895. The molecule has 0 saturated heterocycles. The molecule has 0 bridgehead atoms. The zero-order valence-corrected chi connectivity index (χ0v) is 11.0. The molecule has 6 heteroatoms. The Bertz CT molecular complexity index is 201. The van der Waals surface area contributed by atoms with Crippen molar-refractivity contribution < 1.29 is 47.6 Å². The van der Waals surface area contributed by atoms with E-state index in [4.69, 9.17) is 5.11 Å². The molecule has 0 aliphatic heterocycles. The van der Waals surface area contributed by atoms with Gasteiger partial charge in [-0.3, -0.25) is 0 Å². The molecule has 0 heterocycles. The predicted molar refractivity (Wildman–Crippen MR) is 44.7 cm³/mol. The maximum absolute atomic E-state index is 10.1. The van der Waals surface area contributed by atoms with Crippen molar-refractivity contribution in [3.8, 4) is 0 Å². The molecule has 0 radical (unpaired) electrons. The molecule has 1 N–H and O–H groups in total. The number of hydrogen-bond acceptors (Lipinski definition) is 4. The molecule has 0 aliphatic rings. The number of rotatable bonds is 6. The first-order valence-corrected chi connectivity index (χ1v) is 5.61. The largest absolute Gasteiger partial charge is 1.00 e. The Morgan fingerprint density at radius 2 is 1.85 bits per heavy atom. The topological polar surface area (TPSA) is 77.4 Å². The number of aliphatic hydroxyl groups excluding tert-OH is 1. The van der Waals surface area contributed by atoms with Crippen molar-refractivity contribution in [2.24, 2.45) is 0 Å². The Morgan fingerprint density at radius 3 is 2.23 bits per heavy atom. The van der Waals surface area contributed by atoms with E-state index in [-0.39, 0.29) is 41.4 Å². The summed E-state index contributed by atoms with van der Waals surface area (Å²) in [5.41, 5.74) is 0. The van der Waals surface area contributed by atoms with E-state index in [2.05, 4.69) is 0 Å². The second kappa shape index (κ2) is 8.20. The monoisotopic (exact) mass is 218 g/mol. The molecular formula is C7H15NaO4S. The summed E-state index contributed by atoms with van der Waals surface area (Å²) in [5, 5.41) is 8.83. The Kier molecular flexibility index (Phi) is 10.3. The van der Waals surface area contributed by atoms with Crippen molar-refractivity contribution in [1.29, 1.82) is 0 Å². The summed E-state index contributed by atoms with van der Waals surface area (Å²) in [4.78, 5) is 0. The van der Waals surface area contributed by atoms with Crippen LogP contribution < -0.4 is 29.6 Å². The van der Waals surface area contributed by atoms with E-state index in [9.17, 15) is 13.0 Å². The minimum atomic E-state index is -4.04. The van der Waals surface area contributed by atoms with Crippen molar-refractivity contribution in [1.82, 2.24) is 0 Å². The van der Waals surface area contributed by atoms with Gasteiger partial charge in [0.15, 0.2) is 0 Å². The van der Waals surface area contributed by atoms with Crippen LogP contribution in [0.25, 0.3) is 0 Å². The second-order valence-corrected chi connectivity index (χ2v) is 4.48. The molecule has 0 amide bonds. The Labute approximate surface area is 102 Å². The molecule has 0 aliphatic carbocycles. The van der Waals surface area contributed by atoms with Crippen LogP contribution in [0.3, 0.4) is 0 Å².